The van der Waals surface area contributed by atoms with Gasteiger partial charge in [0.15, 0.2) is 0 Å². The Hall–Kier alpha value is -0.940. The monoisotopic (exact) mass is 288 g/mol. The van der Waals surface area contributed by atoms with Crippen molar-refractivity contribution in [1.29, 1.82) is 0 Å². The van der Waals surface area contributed by atoms with Gasteiger partial charge in [0.2, 0.25) is 5.91 Å². The zero-order chi connectivity index (χ0) is 12.3. The first-order chi connectivity index (χ1) is 7.41. The van der Waals surface area contributed by atoms with Crippen LogP contribution in [0.2, 0.25) is 0 Å². The normalized spacial score (nSPS) is 14.5. The summed E-state index contributed by atoms with van der Waals surface area (Å²) in [4.78, 5) is 10.9. The van der Waals surface area contributed by atoms with E-state index in [1.165, 1.54) is 6.07 Å². The number of rotatable bonds is 4. The summed E-state index contributed by atoms with van der Waals surface area (Å²) < 4.78 is 14.3. The van der Waals surface area contributed by atoms with Crippen molar-refractivity contribution in [2.24, 2.45) is 5.73 Å². The lowest BCUT2D eigenvalue weighted by atomic mass is 10.1. The van der Waals surface area contributed by atoms with Crippen LogP contribution in [0.5, 0.6) is 0 Å². The van der Waals surface area contributed by atoms with E-state index in [1.807, 2.05) is 0 Å². The fraction of sp³-hybridized carbons (Fsp3) is 0.364. The number of nitrogens with two attached hydrogens (primary N) is 1. The second kappa shape index (κ2) is 5.41. The van der Waals surface area contributed by atoms with E-state index in [0.29, 0.717) is 5.56 Å². The summed E-state index contributed by atoms with van der Waals surface area (Å²) in [6, 6.07) is 3.92. The molecule has 3 N–H and O–H groups in total. The Kier molecular flexibility index (Phi) is 4.44. The van der Waals surface area contributed by atoms with E-state index in [-0.39, 0.29) is 11.9 Å². The average molecular weight is 289 g/mol. The highest BCUT2D eigenvalue weighted by atomic mass is 79.9. The molecule has 0 aliphatic heterocycles. The highest BCUT2D eigenvalue weighted by molar-refractivity contribution is 9.10. The Morgan fingerprint density at radius 3 is 2.69 bits per heavy atom. The summed E-state index contributed by atoms with van der Waals surface area (Å²) in [5.41, 5.74) is 5.63. The van der Waals surface area contributed by atoms with Gasteiger partial charge in [0, 0.05) is 16.1 Å². The Morgan fingerprint density at radius 1 is 1.50 bits per heavy atom. The third-order valence-corrected chi connectivity index (χ3v) is 2.84. The molecule has 16 heavy (non-hydrogen) atoms. The summed E-state index contributed by atoms with van der Waals surface area (Å²) in [5.74, 6) is -0.762. The third kappa shape index (κ3) is 3.28. The number of carbonyl (C=O) groups is 1. The summed E-state index contributed by atoms with van der Waals surface area (Å²) in [6.45, 7) is 3.43. The van der Waals surface area contributed by atoms with Crippen molar-refractivity contribution >= 4 is 21.8 Å². The summed E-state index contributed by atoms with van der Waals surface area (Å²) >= 11 is 3.27. The van der Waals surface area contributed by atoms with Crippen molar-refractivity contribution in [3.05, 3.63) is 34.1 Å². The van der Waals surface area contributed by atoms with Crippen LogP contribution in [0.25, 0.3) is 0 Å². The number of primary amides is 1. The van der Waals surface area contributed by atoms with Crippen LogP contribution < -0.4 is 11.1 Å². The lowest BCUT2D eigenvalue weighted by Gasteiger charge is -2.18. The number of carbonyl (C=O) groups excluding carboxylic acids is 1. The minimum atomic E-state index is -0.492. The van der Waals surface area contributed by atoms with Crippen LogP contribution in [-0.2, 0) is 4.79 Å². The topological polar surface area (TPSA) is 55.1 Å². The van der Waals surface area contributed by atoms with Crippen LogP contribution in [-0.4, -0.2) is 11.9 Å². The van der Waals surface area contributed by atoms with E-state index < -0.39 is 11.9 Å². The fourth-order valence-corrected chi connectivity index (χ4v) is 1.77. The Bertz CT molecular complexity index is 398. The molecule has 0 fully saturated rings. The Labute approximate surface area is 102 Å². The van der Waals surface area contributed by atoms with Gasteiger partial charge < -0.3 is 5.73 Å². The predicted molar refractivity (Wildman–Crippen MR) is 64.3 cm³/mol. The molecule has 2 unspecified atom stereocenters. The van der Waals surface area contributed by atoms with Gasteiger partial charge >= 0.3 is 0 Å². The van der Waals surface area contributed by atoms with Gasteiger partial charge in [0.25, 0.3) is 0 Å². The first kappa shape index (κ1) is 13.1. The number of nitrogens with one attached hydrogen (secondary N) is 1. The van der Waals surface area contributed by atoms with Crippen molar-refractivity contribution in [2.45, 2.75) is 25.9 Å². The summed E-state index contributed by atoms with van der Waals surface area (Å²) in [6.07, 6.45) is 0. The van der Waals surface area contributed by atoms with Crippen molar-refractivity contribution in [2.75, 3.05) is 0 Å². The molecular weight excluding hydrogens is 275 g/mol. The van der Waals surface area contributed by atoms with Crippen molar-refractivity contribution in [3.63, 3.8) is 0 Å². The van der Waals surface area contributed by atoms with E-state index in [9.17, 15) is 9.18 Å². The van der Waals surface area contributed by atoms with Crippen LogP contribution >= 0.6 is 15.9 Å². The van der Waals surface area contributed by atoms with Gasteiger partial charge in [-0.1, -0.05) is 15.9 Å². The van der Waals surface area contributed by atoms with Crippen molar-refractivity contribution in [3.8, 4) is 0 Å². The van der Waals surface area contributed by atoms with Crippen LogP contribution in [0.1, 0.15) is 25.5 Å². The summed E-state index contributed by atoms with van der Waals surface area (Å²) in [5, 5.41) is 2.93. The summed E-state index contributed by atoms with van der Waals surface area (Å²) in [7, 11) is 0. The fourth-order valence-electron chi connectivity index (χ4n) is 1.39. The molecular formula is C11H14BrFN2O. The largest absolute Gasteiger partial charge is 0.368 e. The smallest absolute Gasteiger partial charge is 0.234 e. The quantitative estimate of drug-likeness (QED) is 0.892. The molecule has 0 bridgehead atoms. The van der Waals surface area contributed by atoms with Crippen LogP contribution in [0, 0.1) is 5.82 Å². The molecule has 88 valence electrons. The standard InChI is InChI=1S/C11H14BrFN2O/c1-6(15-7(2)11(14)16)9-5-8(12)3-4-10(9)13/h3-7,15H,1-2H3,(H2,14,16). The molecule has 0 aliphatic carbocycles. The lowest BCUT2D eigenvalue weighted by Crippen LogP contribution is -2.40. The predicted octanol–water partition coefficient (Wildman–Crippen LogP) is 2.11. The van der Waals surface area contributed by atoms with Gasteiger partial charge in [0.1, 0.15) is 5.82 Å². The zero-order valence-electron chi connectivity index (χ0n) is 9.13. The molecule has 1 rings (SSSR count). The second-order valence-corrected chi connectivity index (χ2v) is 4.59. The number of hydrogen-bond donors (Lipinski definition) is 2. The maximum atomic E-state index is 13.5. The molecule has 1 amide bonds. The average Bonchev–Trinajstić information content (AvgIpc) is 2.21. The van der Waals surface area contributed by atoms with Gasteiger partial charge in [-0.05, 0) is 32.0 Å². The maximum Gasteiger partial charge on any atom is 0.234 e. The third-order valence-electron chi connectivity index (χ3n) is 2.35. The van der Waals surface area contributed by atoms with Crippen LogP contribution in [0.3, 0.4) is 0 Å². The number of halogens is 2. The Morgan fingerprint density at radius 2 is 2.12 bits per heavy atom. The maximum absolute atomic E-state index is 13.5. The Balaban J connectivity index is 2.83. The lowest BCUT2D eigenvalue weighted by molar-refractivity contribution is -0.119. The van der Waals surface area contributed by atoms with E-state index in [1.54, 1.807) is 26.0 Å². The minimum absolute atomic E-state index is 0.278. The van der Waals surface area contributed by atoms with E-state index in [4.69, 9.17) is 5.73 Å². The highest BCUT2D eigenvalue weighted by Crippen LogP contribution is 2.21. The van der Waals surface area contributed by atoms with E-state index >= 15 is 0 Å². The molecule has 5 heteroatoms. The van der Waals surface area contributed by atoms with Gasteiger partial charge in [-0.15, -0.1) is 0 Å². The molecule has 2 atom stereocenters. The van der Waals surface area contributed by atoms with Gasteiger partial charge in [-0.25, -0.2) is 4.39 Å². The second-order valence-electron chi connectivity index (χ2n) is 3.68. The van der Waals surface area contributed by atoms with E-state index in [0.717, 1.165) is 4.47 Å². The first-order valence-corrected chi connectivity index (χ1v) is 5.71. The van der Waals surface area contributed by atoms with Crippen LogP contribution in [0.4, 0.5) is 4.39 Å². The molecule has 1 aromatic carbocycles. The molecule has 0 saturated carbocycles. The molecule has 0 saturated heterocycles. The van der Waals surface area contributed by atoms with Crippen molar-refractivity contribution in [1.82, 2.24) is 5.32 Å². The molecule has 1 aromatic rings. The number of benzene rings is 1. The number of amides is 1. The SMILES string of the molecule is CC(NC(C)c1cc(Br)ccc1F)C(N)=O. The van der Waals surface area contributed by atoms with Crippen molar-refractivity contribution < 1.29 is 9.18 Å². The minimum Gasteiger partial charge on any atom is -0.368 e. The molecule has 0 heterocycles. The molecule has 3 nitrogen and oxygen atoms in total. The van der Waals surface area contributed by atoms with Gasteiger partial charge in [0.05, 0.1) is 6.04 Å². The molecule has 0 aromatic heterocycles. The van der Waals surface area contributed by atoms with Gasteiger partial charge in [-0.2, -0.15) is 0 Å². The van der Waals surface area contributed by atoms with Gasteiger partial charge in [-0.3, -0.25) is 10.1 Å². The number of hydrogen-bond acceptors (Lipinski definition) is 2. The molecule has 0 radical (unpaired) electrons. The van der Waals surface area contributed by atoms with E-state index in [2.05, 4.69) is 21.2 Å². The first-order valence-electron chi connectivity index (χ1n) is 4.92. The zero-order valence-corrected chi connectivity index (χ0v) is 10.7. The molecule has 0 spiro atoms. The van der Waals surface area contributed by atoms with Crippen LogP contribution in [0.15, 0.2) is 22.7 Å². The molecule has 0 aliphatic rings. The highest BCUT2D eigenvalue weighted by Gasteiger charge is 2.16.